The Morgan fingerprint density at radius 1 is 1.03 bits per heavy atom. The zero-order chi connectivity index (χ0) is 22.2. The van der Waals surface area contributed by atoms with Crippen LogP contribution in [0.25, 0.3) is 11.0 Å². The minimum absolute atomic E-state index is 0.00193. The summed E-state index contributed by atoms with van der Waals surface area (Å²) >= 11 is 1.46. The molecule has 0 spiro atoms. The molecule has 32 heavy (non-hydrogen) atoms. The van der Waals surface area contributed by atoms with E-state index < -0.39 is 0 Å². The van der Waals surface area contributed by atoms with Crippen molar-refractivity contribution in [2.45, 2.75) is 39.2 Å². The van der Waals surface area contributed by atoms with Crippen molar-refractivity contribution in [2.75, 3.05) is 13.2 Å². The molecule has 4 rings (SSSR count). The van der Waals surface area contributed by atoms with Crippen LogP contribution >= 0.6 is 11.3 Å². The number of aromatic nitrogens is 2. The van der Waals surface area contributed by atoms with Crippen LogP contribution in [0.15, 0.2) is 66.0 Å². The largest absolute Gasteiger partial charge is 0.494 e. The second-order valence-electron chi connectivity index (χ2n) is 7.87. The van der Waals surface area contributed by atoms with Crippen LogP contribution in [0.5, 0.6) is 5.75 Å². The molecule has 0 atom stereocenters. The van der Waals surface area contributed by atoms with Crippen molar-refractivity contribution in [2.24, 2.45) is 0 Å². The van der Waals surface area contributed by atoms with Gasteiger partial charge in [0.05, 0.1) is 22.5 Å². The molecule has 1 N–H and O–H groups in total. The summed E-state index contributed by atoms with van der Waals surface area (Å²) in [6.07, 6.45) is 3.70. The van der Waals surface area contributed by atoms with E-state index in [1.54, 1.807) is 0 Å². The second-order valence-corrected chi connectivity index (χ2v) is 8.82. The van der Waals surface area contributed by atoms with E-state index in [4.69, 9.17) is 9.72 Å². The number of ether oxygens (including phenoxy) is 1. The van der Waals surface area contributed by atoms with Gasteiger partial charge in [0, 0.05) is 19.5 Å². The van der Waals surface area contributed by atoms with Gasteiger partial charge in [-0.25, -0.2) is 4.98 Å². The monoisotopic (exact) mass is 447 g/mol. The number of benzene rings is 2. The summed E-state index contributed by atoms with van der Waals surface area (Å²) < 4.78 is 8.19. The maximum absolute atomic E-state index is 12.1. The van der Waals surface area contributed by atoms with E-state index in [9.17, 15) is 4.79 Å². The Kier molecular flexibility index (Phi) is 7.56. The molecule has 5 nitrogen and oxygen atoms in total. The molecule has 0 fully saturated rings. The van der Waals surface area contributed by atoms with E-state index in [1.807, 2.05) is 35.7 Å². The molecule has 0 saturated heterocycles. The summed E-state index contributed by atoms with van der Waals surface area (Å²) in [5.74, 6) is 2.01. The van der Waals surface area contributed by atoms with Gasteiger partial charge in [-0.05, 0) is 61.9 Å². The third kappa shape index (κ3) is 5.77. The van der Waals surface area contributed by atoms with Gasteiger partial charge in [0.25, 0.3) is 5.91 Å². The van der Waals surface area contributed by atoms with Crippen molar-refractivity contribution < 1.29 is 9.53 Å². The van der Waals surface area contributed by atoms with Crippen LogP contribution in [0.1, 0.15) is 40.3 Å². The van der Waals surface area contributed by atoms with Gasteiger partial charge in [-0.15, -0.1) is 11.3 Å². The van der Waals surface area contributed by atoms with E-state index in [2.05, 4.69) is 47.1 Å². The van der Waals surface area contributed by atoms with Gasteiger partial charge in [-0.1, -0.05) is 35.9 Å². The fraction of sp³-hybridized carbons (Fsp3) is 0.308. The molecular formula is C26H29N3O2S. The van der Waals surface area contributed by atoms with Crippen molar-refractivity contribution in [3.63, 3.8) is 0 Å². The van der Waals surface area contributed by atoms with Gasteiger partial charge in [0.1, 0.15) is 11.6 Å². The Morgan fingerprint density at radius 2 is 1.88 bits per heavy atom. The number of nitrogens with one attached hydrogen (secondary N) is 1. The summed E-state index contributed by atoms with van der Waals surface area (Å²) in [6.45, 7) is 4.34. The van der Waals surface area contributed by atoms with E-state index in [0.29, 0.717) is 13.2 Å². The SMILES string of the molecule is Cc1ccc(OCCCCn2c(CCCNC(=O)c3cccs3)nc3ccccc32)cc1. The van der Waals surface area contributed by atoms with Crippen LogP contribution in [0, 0.1) is 6.92 Å². The predicted molar refractivity (Wildman–Crippen MR) is 131 cm³/mol. The van der Waals surface area contributed by atoms with E-state index in [1.165, 1.54) is 22.4 Å². The average molecular weight is 448 g/mol. The number of carbonyl (C=O) groups excluding carboxylic acids is 1. The Balaban J connectivity index is 1.28. The molecule has 0 aliphatic carbocycles. The Hall–Kier alpha value is -3.12. The number of amides is 1. The van der Waals surface area contributed by atoms with Crippen LogP contribution in [0.3, 0.4) is 0 Å². The van der Waals surface area contributed by atoms with Crippen molar-refractivity contribution in [1.82, 2.24) is 14.9 Å². The molecule has 2 aromatic heterocycles. The number of nitrogens with zero attached hydrogens (tertiary/aromatic N) is 2. The summed E-state index contributed by atoms with van der Waals surface area (Å²) in [5.41, 5.74) is 3.44. The molecule has 0 aliphatic rings. The molecule has 2 aromatic carbocycles. The molecule has 0 unspecified atom stereocenters. The lowest BCUT2D eigenvalue weighted by molar-refractivity contribution is 0.0957. The molecule has 6 heteroatoms. The first-order valence-corrected chi connectivity index (χ1v) is 12.0. The van der Waals surface area contributed by atoms with Gasteiger partial charge < -0.3 is 14.6 Å². The molecule has 0 saturated carbocycles. The van der Waals surface area contributed by atoms with Crippen molar-refractivity contribution >= 4 is 28.3 Å². The number of fused-ring (bicyclic) bond motifs is 1. The highest BCUT2D eigenvalue weighted by atomic mass is 32.1. The molecule has 0 radical (unpaired) electrons. The van der Waals surface area contributed by atoms with Gasteiger partial charge in [0.15, 0.2) is 0 Å². The Bertz CT molecular complexity index is 1130. The van der Waals surface area contributed by atoms with Crippen molar-refractivity contribution in [3.05, 3.63) is 82.3 Å². The highest BCUT2D eigenvalue weighted by Crippen LogP contribution is 2.18. The lowest BCUT2D eigenvalue weighted by Gasteiger charge is -2.11. The minimum atomic E-state index is 0.00193. The zero-order valence-electron chi connectivity index (χ0n) is 18.4. The number of unbranched alkanes of at least 4 members (excludes halogenated alkanes) is 1. The van der Waals surface area contributed by atoms with E-state index in [-0.39, 0.29) is 5.91 Å². The van der Waals surface area contributed by atoms with Crippen LogP contribution in [0.2, 0.25) is 0 Å². The number of carbonyl (C=O) groups is 1. The maximum Gasteiger partial charge on any atom is 0.261 e. The highest BCUT2D eigenvalue weighted by molar-refractivity contribution is 7.12. The second kappa shape index (κ2) is 11.0. The quantitative estimate of drug-likeness (QED) is 0.303. The number of hydrogen-bond donors (Lipinski definition) is 1. The molecule has 0 bridgehead atoms. The van der Waals surface area contributed by atoms with E-state index >= 15 is 0 Å². The molecule has 166 valence electrons. The first-order valence-electron chi connectivity index (χ1n) is 11.2. The molecule has 1 amide bonds. The lowest BCUT2D eigenvalue weighted by Crippen LogP contribution is -2.24. The highest BCUT2D eigenvalue weighted by Gasteiger charge is 2.11. The zero-order valence-corrected chi connectivity index (χ0v) is 19.2. The third-order valence-corrected chi connectivity index (χ3v) is 6.28. The van der Waals surface area contributed by atoms with Gasteiger partial charge in [-0.2, -0.15) is 0 Å². The van der Waals surface area contributed by atoms with Crippen LogP contribution in [0.4, 0.5) is 0 Å². The van der Waals surface area contributed by atoms with Gasteiger partial charge in [-0.3, -0.25) is 4.79 Å². The first-order chi connectivity index (χ1) is 15.7. The molecular weight excluding hydrogens is 418 g/mol. The number of rotatable bonds is 11. The van der Waals surface area contributed by atoms with Crippen molar-refractivity contribution in [3.8, 4) is 5.75 Å². The van der Waals surface area contributed by atoms with Crippen molar-refractivity contribution in [1.29, 1.82) is 0 Å². The fourth-order valence-electron chi connectivity index (χ4n) is 3.71. The van der Waals surface area contributed by atoms with Gasteiger partial charge in [0.2, 0.25) is 0 Å². The average Bonchev–Trinajstić information content (AvgIpc) is 3.46. The number of para-hydroxylation sites is 2. The Labute approximate surface area is 193 Å². The normalized spacial score (nSPS) is 11.0. The van der Waals surface area contributed by atoms with Gasteiger partial charge >= 0.3 is 0 Å². The lowest BCUT2D eigenvalue weighted by atomic mass is 10.2. The summed E-state index contributed by atoms with van der Waals surface area (Å²) in [5, 5.41) is 4.93. The Morgan fingerprint density at radius 3 is 2.69 bits per heavy atom. The standard InChI is InChI=1S/C26H29N3O2S/c1-20-12-14-21(15-13-20)31-18-5-4-17-29-23-9-3-2-8-22(23)28-25(29)11-6-16-27-26(30)24-10-7-19-32-24/h2-3,7-10,12-15,19H,4-6,11,16-18H2,1H3,(H,27,30). The maximum atomic E-state index is 12.1. The molecule has 2 heterocycles. The number of aryl methyl sites for hydroxylation is 3. The summed E-state index contributed by atoms with van der Waals surface area (Å²) in [6, 6.07) is 20.2. The third-order valence-electron chi connectivity index (χ3n) is 5.41. The number of imidazole rings is 1. The number of hydrogen-bond acceptors (Lipinski definition) is 4. The fourth-order valence-corrected chi connectivity index (χ4v) is 4.35. The van der Waals surface area contributed by atoms with Crippen LogP contribution in [-0.2, 0) is 13.0 Å². The smallest absolute Gasteiger partial charge is 0.261 e. The molecule has 0 aliphatic heterocycles. The van der Waals surface area contributed by atoms with Crippen LogP contribution < -0.4 is 10.1 Å². The summed E-state index contributed by atoms with van der Waals surface area (Å²) in [7, 11) is 0. The minimum Gasteiger partial charge on any atom is -0.494 e. The van der Waals surface area contributed by atoms with Crippen LogP contribution in [-0.4, -0.2) is 28.6 Å². The summed E-state index contributed by atoms with van der Waals surface area (Å²) in [4.78, 5) is 17.7. The van der Waals surface area contributed by atoms with E-state index in [0.717, 1.165) is 54.2 Å². The first kappa shape index (κ1) is 22.1. The predicted octanol–water partition coefficient (Wildman–Crippen LogP) is 5.63. The topological polar surface area (TPSA) is 56.1 Å². The number of thiophene rings is 1. The molecule has 4 aromatic rings.